The summed E-state index contributed by atoms with van der Waals surface area (Å²) in [6, 6.07) is 0. The minimum atomic E-state index is -0.394. The maximum absolute atomic E-state index is 12.2. The summed E-state index contributed by atoms with van der Waals surface area (Å²) in [5.41, 5.74) is -0.0458. The second-order valence-electron chi connectivity index (χ2n) is 7.34. The van der Waals surface area contributed by atoms with E-state index in [1.165, 1.54) is 0 Å². The van der Waals surface area contributed by atoms with Crippen LogP contribution in [0.25, 0.3) is 0 Å². The molecule has 2 nitrogen and oxygen atoms in total. The number of fused-ring (bicyclic) bond motifs is 3. The van der Waals surface area contributed by atoms with E-state index in [1.807, 2.05) is 0 Å². The van der Waals surface area contributed by atoms with Gasteiger partial charge in [0.05, 0.1) is 11.5 Å². The molecule has 3 fully saturated rings. The Morgan fingerprint density at radius 3 is 2.53 bits per heavy atom. The van der Waals surface area contributed by atoms with Crippen LogP contribution in [0, 0.1) is 34.5 Å². The van der Waals surface area contributed by atoms with Crippen LogP contribution in [0.4, 0.5) is 0 Å². The van der Waals surface area contributed by atoms with Crippen molar-refractivity contribution in [3.05, 3.63) is 0 Å². The summed E-state index contributed by atoms with van der Waals surface area (Å²) < 4.78 is 0. The Labute approximate surface area is 104 Å². The third-order valence-electron chi connectivity index (χ3n) is 6.47. The summed E-state index contributed by atoms with van der Waals surface area (Å²) in [5, 5.41) is 10.5. The molecule has 0 unspecified atom stereocenters. The molecular weight excluding hydrogens is 212 g/mol. The molecule has 0 radical (unpaired) electrons. The summed E-state index contributed by atoms with van der Waals surface area (Å²) in [4.78, 5) is 12.2. The number of aliphatic hydroxyl groups is 1. The molecule has 0 aromatic rings. The average Bonchev–Trinajstić information content (AvgIpc) is 2.61. The summed E-state index contributed by atoms with van der Waals surface area (Å²) in [5.74, 6) is 2.59. The van der Waals surface area contributed by atoms with Crippen LogP contribution in [0.1, 0.15) is 47.0 Å². The van der Waals surface area contributed by atoms with Crippen LogP contribution in [0.5, 0.6) is 0 Å². The van der Waals surface area contributed by atoms with Crippen molar-refractivity contribution in [2.24, 2.45) is 34.5 Å². The standard InChI is InChI=1S/C15H24O2/c1-8-5-6-15(9(2)16)11(17)7-10-13(12(8)15)14(10,3)4/h8,10-13,17H,5-7H2,1-4H3/t8-,10-,11-,12+,13-,15+/m1/s1. The first-order valence-corrected chi connectivity index (χ1v) is 7.02. The molecule has 3 aliphatic carbocycles. The van der Waals surface area contributed by atoms with E-state index < -0.39 is 11.5 Å². The monoisotopic (exact) mass is 236 g/mol. The highest BCUT2D eigenvalue weighted by Gasteiger charge is 2.73. The van der Waals surface area contributed by atoms with Gasteiger partial charge in [-0.25, -0.2) is 0 Å². The van der Waals surface area contributed by atoms with Gasteiger partial charge in [-0.05, 0) is 55.3 Å². The number of hydrogen-bond donors (Lipinski definition) is 1. The molecule has 0 aromatic carbocycles. The third kappa shape index (κ3) is 1.18. The topological polar surface area (TPSA) is 37.3 Å². The van der Waals surface area contributed by atoms with Crippen molar-refractivity contribution in [2.75, 3.05) is 0 Å². The summed E-state index contributed by atoms with van der Waals surface area (Å²) in [6.45, 7) is 8.61. The number of carbonyl (C=O) groups excluding carboxylic acids is 1. The zero-order valence-electron chi connectivity index (χ0n) is 11.4. The van der Waals surface area contributed by atoms with Gasteiger partial charge < -0.3 is 5.11 Å². The van der Waals surface area contributed by atoms with Gasteiger partial charge in [-0.15, -0.1) is 0 Å². The van der Waals surface area contributed by atoms with Crippen molar-refractivity contribution < 1.29 is 9.90 Å². The molecule has 0 heterocycles. The predicted octanol–water partition coefficient (Wildman–Crippen LogP) is 2.64. The SMILES string of the molecule is CC(=O)[C@]12CC[C@@H](C)[C@H]1[C@H]1[C@@H](C[C@H]2O)C1(C)C. The number of ketones is 1. The Bertz CT molecular complexity index is 373. The molecule has 3 rings (SSSR count). The van der Waals surface area contributed by atoms with E-state index in [4.69, 9.17) is 0 Å². The summed E-state index contributed by atoms with van der Waals surface area (Å²) in [7, 11) is 0. The number of hydrogen-bond acceptors (Lipinski definition) is 2. The Balaban J connectivity index is 2.05. The van der Waals surface area contributed by atoms with E-state index in [-0.39, 0.29) is 5.78 Å². The maximum atomic E-state index is 12.2. The van der Waals surface area contributed by atoms with Crippen LogP contribution in [-0.4, -0.2) is 17.0 Å². The predicted molar refractivity (Wildman–Crippen MR) is 66.4 cm³/mol. The van der Waals surface area contributed by atoms with Gasteiger partial charge in [0.15, 0.2) is 0 Å². The van der Waals surface area contributed by atoms with Crippen LogP contribution in [0.2, 0.25) is 0 Å². The van der Waals surface area contributed by atoms with Crippen LogP contribution in [0.3, 0.4) is 0 Å². The highest BCUT2D eigenvalue weighted by Crippen LogP contribution is 2.74. The molecule has 0 saturated heterocycles. The molecule has 0 aromatic heterocycles. The number of Topliss-reactive ketones (excluding diaryl/α,β-unsaturated/α-hetero) is 1. The van der Waals surface area contributed by atoms with E-state index in [9.17, 15) is 9.90 Å². The Kier molecular flexibility index (Phi) is 2.16. The Morgan fingerprint density at radius 1 is 1.29 bits per heavy atom. The quantitative estimate of drug-likeness (QED) is 0.760. The largest absolute Gasteiger partial charge is 0.392 e. The van der Waals surface area contributed by atoms with Crippen molar-refractivity contribution in [1.29, 1.82) is 0 Å². The van der Waals surface area contributed by atoms with Crippen molar-refractivity contribution in [3.63, 3.8) is 0 Å². The van der Waals surface area contributed by atoms with Gasteiger partial charge in [0.1, 0.15) is 5.78 Å². The first-order chi connectivity index (χ1) is 7.83. The highest BCUT2D eigenvalue weighted by molar-refractivity contribution is 5.84. The molecule has 0 amide bonds. The lowest BCUT2D eigenvalue weighted by Gasteiger charge is -2.42. The second kappa shape index (κ2) is 3.14. The smallest absolute Gasteiger partial charge is 0.138 e. The van der Waals surface area contributed by atoms with Gasteiger partial charge in [0.25, 0.3) is 0 Å². The number of rotatable bonds is 1. The van der Waals surface area contributed by atoms with Gasteiger partial charge in [0, 0.05) is 0 Å². The minimum absolute atomic E-state index is 0.237. The van der Waals surface area contributed by atoms with Crippen molar-refractivity contribution in [1.82, 2.24) is 0 Å². The van der Waals surface area contributed by atoms with Crippen LogP contribution >= 0.6 is 0 Å². The molecule has 6 atom stereocenters. The lowest BCUT2D eigenvalue weighted by Crippen LogP contribution is -2.49. The number of carbonyl (C=O) groups is 1. The second-order valence-corrected chi connectivity index (χ2v) is 7.34. The van der Waals surface area contributed by atoms with Gasteiger partial charge in [-0.2, -0.15) is 0 Å². The lowest BCUT2D eigenvalue weighted by atomic mass is 9.62. The zero-order chi connectivity index (χ0) is 12.6. The molecule has 96 valence electrons. The first kappa shape index (κ1) is 11.7. The van der Waals surface area contributed by atoms with Crippen molar-refractivity contribution in [3.8, 4) is 0 Å². The fourth-order valence-electron chi connectivity index (χ4n) is 5.43. The zero-order valence-corrected chi connectivity index (χ0v) is 11.4. The highest BCUT2D eigenvalue weighted by atomic mass is 16.3. The molecule has 3 saturated carbocycles. The molecule has 17 heavy (non-hydrogen) atoms. The van der Waals surface area contributed by atoms with Gasteiger partial charge in [0.2, 0.25) is 0 Å². The molecule has 0 spiro atoms. The maximum Gasteiger partial charge on any atom is 0.138 e. The van der Waals surface area contributed by atoms with E-state index >= 15 is 0 Å². The normalized spacial score (nSPS) is 55.0. The summed E-state index contributed by atoms with van der Waals surface area (Å²) in [6.07, 6.45) is 2.48. The van der Waals surface area contributed by atoms with Gasteiger partial charge in [-0.3, -0.25) is 4.79 Å². The van der Waals surface area contributed by atoms with E-state index in [0.717, 1.165) is 19.3 Å². The molecule has 2 heteroatoms. The van der Waals surface area contributed by atoms with Crippen LogP contribution in [-0.2, 0) is 4.79 Å². The van der Waals surface area contributed by atoms with Crippen LogP contribution < -0.4 is 0 Å². The molecule has 0 bridgehead atoms. The number of aliphatic hydroxyl groups excluding tert-OH is 1. The third-order valence-corrected chi connectivity index (χ3v) is 6.47. The van der Waals surface area contributed by atoms with E-state index in [0.29, 0.717) is 29.1 Å². The minimum Gasteiger partial charge on any atom is -0.392 e. The Morgan fingerprint density at radius 2 is 1.94 bits per heavy atom. The fourth-order valence-corrected chi connectivity index (χ4v) is 5.43. The first-order valence-electron chi connectivity index (χ1n) is 7.02. The van der Waals surface area contributed by atoms with Crippen molar-refractivity contribution >= 4 is 5.78 Å². The van der Waals surface area contributed by atoms with Gasteiger partial charge >= 0.3 is 0 Å². The Hall–Kier alpha value is -0.370. The molecule has 0 aliphatic heterocycles. The van der Waals surface area contributed by atoms with Crippen LogP contribution in [0.15, 0.2) is 0 Å². The average molecular weight is 236 g/mol. The van der Waals surface area contributed by atoms with E-state index in [2.05, 4.69) is 20.8 Å². The fraction of sp³-hybridized carbons (Fsp3) is 0.933. The van der Waals surface area contributed by atoms with Crippen molar-refractivity contribution in [2.45, 2.75) is 53.1 Å². The molecule has 1 N–H and O–H groups in total. The lowest BCUT2D eigenvalue weighted by molar-refractivity contribution is -0.142. The van der Waals surface area contributed by atoms with E-state index in [1.54, 1.807) is 6.92 Å². The molecule has 3 aliphatic rings. The molecular formula is C15H24O2. The van der Waals surface area contributed by atoms with Gasteiger partial charge in [-0.1, -0.05) is 20.8 Å². The summed E-state index contributed by atoms with van der Waals surface area (Å²) >= 11 is 0.